The normalized spacial score (nSPS) is 16.7. The van der Waals surface area contributed by atoms with Crippen LogP contribution in [0.2, 0.25) is 0 Å². The summed E-state index contributed by atoms with van der Waals surface area (Å²) >= 11 is 5.89. The summed E-state index contributed by atoms with van der Waals surface area (Å²) in [5, 5.41) is 3.92. The molecule has 0 amide bonds. The van der Waals surface area contributed by atoms with Gasteiger partial charge < -0.3 is 24.3 Å². The van der Waals surface area contributed by atoms with Crippen molar-refractivity contribution >= 4 is 44.7 Å². The molecule has 2 aromatic carbocycles. The van der Waals surface area contributed by atoms with Crippen LogP contribution in [-0.2, 0) is 14.8 Å². The number of hydrogen-bond acceptors (Lipinski definition) is 7. The van der Waals surface area contributed by atoms with Gasteiger partial charge >= 0.3 is 5.97 Å². The van der Waals surface area contributed by atoms with Crippen LogP contribution in [0.1, 0.15) is 45.1 Å². The van der Waals surface area contributed by atoms with Crippen LogP contribution in [0.4, 0.5) is 11.4 Å². The van der Waals surface area contributed by atoms with Gasteiger partial charge in [0.25, 0.3) is 0 Å². The molecule has 2 atom stereocenters. The molecule has 12 heteroatoms. The molecule has 4 aromatic rings. The van der Waals surface area contributed by atoms with E-state index < -0.39 is 16.0 Å². The molecule has 0 aliphatic carbocycles. The number of nitrogens with zero attached hydrogens (tertiary/aromatic N) is 3. The lowest BCUT2D eigenvalue weighted by Crippen LogP contribution is -2.29. The van der Waals surface area contributed by atoms with Crippen LogP contribution in [0.15, 0.2) is 72.9 Å². The molecule has 2 N–H and O–H groups in total. The number of sulfonamides is 1. The van der Waals surface area contributed by atoms with Gasteiger partial charge in [0, 0.05) is 29.3 Å². The Labute approximate surface area is 250 Å². The summed E-state index contributed by atoms with van der Waals surface area (Å²) in [6.07, 6.45) is 2.83. The van der Waals surface area contributed by atoms with Gasteiger partial charge in [0.1, 0.15) is 5.75 Å². The summed E-state index contributed by atoms with van der Waals surface area (Å²) in [4.78, 5) is 19.3. The number of carbonyl (C=O) groups is 1. The molecule has 42 heavy (non-hydrogen) atoms. The SMILES string of the molecule is COC(=O)c1ccccc1-n1c(C)cc(C2C(c3ccccn3)NC(=S)N2c2ccc(NS(C)(=O)=O)c(OC)c2)c1C. The van der Waals surface area contributed by atoms with Crippen LogP contribution in [0.25, 0.3) is 5.69 Å². The summed E-state index contributed by atoms with van der Waals surface area (Å²) in [5.41, 5.74) is 5.77. The molecule has 1 fully saturated rings. The molecule has 5 rings (SSSR count). The summed E-state index contributed by atoms with van der Waals surface area (Å²) in [6.45, 7) is 3.99. The summed E-state index contributed by atoms with van der Waals surface area (Å²) in [5.74, 6) is -0.0792. The fourth-order valence-corrected chi connectivity index (χ4v) is 6.39. The van der Waals surface area contributed by atoms with Crippen LogP contribution >= 0.6 is 12.2 Å². The van der Waals surface area contributed by atoms with Gasteiger partial charge in [-0.05, 0) is 74.1 Å². The highest BCUT2D eigenvalue weighted by atomic mass is 32.2. The predicted molar refractivity (Wildman–Crippen MR) is 166 cm³/mol. The number of thiocarbonyl (C=S) groups is 1. The van der Waals surface area contributed by atoms with Gasteiger partial charge in [-0.1, -0.05) is 18.2 Å². The molecular formula is C30H31N5O5S2. The first-order valence-corrected chi connectivity index (χ1v) is 15.4. The Morgan fingerprint density at radius 1 is 1.05 bits per heavy atom. The van der Waals surface area contributed by atoms with Crippen molar-refractivity contribution in [2.24, 2.45) is 0 Å². The number of nitrogens with one attached hydrogen (secondary N) is 2. The van der Waals surface area contributed by atoms with E-state index in [1.165, 1.54) is 14.2 Å². The third kappa shape index (κ3) is 5.42. The number of methoxy groups -OCH3 is 2. The average molecular weight is 606 g/mol. The second kappa shape index (κ2) is 11.5. The number of carbonyl (C=O) groups excluding carboxylic acids is 1. The number of para-hydroxylation sites is 1. The van der Waals surface area contributed by atoms with Gasteiger partial charge in [0.2, 0.25) is 10.0 Å². The molecule has 1 aliphatic rings. The zero-order valence-corrected chi connectivity index (χ0v) is 25.4. The highest BCUT2D eigenvalue weighted by Crippen LogP contribution is 2.45. The van der Waals surface area contributed by atoms with Crippen molar-refractivity contribution in [2.45, 2.75) is 25.9 Å². The minimum atomic E-state index is -3.52. The van der Waals surface area contributed by atoms with Gasteiger partial charge in [-0.25, -0.2) is 13.2 Å². The Morgan fingerprint density at radius 3 is 2.45 bits per heavy atom. The van der Waals surface area contributed by atoms with E-state index in [0.29, 0.717) is 33.5 Å². The van der Waals surface area contributed by atoms with Crippen molar-refractivity contribution in [3.8, 4) is 11.4 Å². The van der Waals surface area contributed by atoms with Gasteiger partial charge in [-0.2, -0.15) is 0 Å². The summed E-state index contributed by atoms with van der Waals surface area (Å²) in [6, 6.07) is 19.7. The van der Waals surface area contributed by atoms with Gasteiger partial charge in [0.05, 0.1) is 55.2 Å². The predicted octanol–water partition coefficient (Wildman–Crippen LogP) is 4.83. The molecule has 2 aromatic heterocycles. The molecular weight excluding hydrogens is 574 g/mol. The second-order valence-electron chi connectivity index (χ2n) is 9.93. The first-order valence-electron chi connectivity index (χ1n) is 13.1. The topological polar surface area (TPSA) is 115 Å². The van der Waals surface area contributed by atoms with E-state index in [1.54, 1.807) is 36.5 Å². The second-order valence-corrected chi connectivity index (χ2v) is 12.1. The molecule has 218 valence electrons. The first kappa shape index (κ1) is 29.1. The Hall–Kier alpha value is -4.42. The molecule has 0 radical (unpaired) electrons. The van der Waals surface area contributed by atoms with E-state index in [1.807, 2.05) is 53.6 Å². The molecule has 0 spiro atoms. The van der Waals surface area contributed by atoms with E-state index >= 15 is 0 Å². The van der Waals surface area contributed by atoms with Crippen LogP contribution in [0.3, 0.4) is 0 Å². The van der Waals surface area contributed by atoms with Crippen molar-refractivity contribution in [1.82, 2.24) is 14.9 Å². The molecule has 1 saturated heterocycles. The minimum Gasteiger partial charge on any atom is -0.494 e. The lowest BCUT2D eigenvalue weighted by atomic mass is 9.96. The van der Waals surface area contributed by atoms with Gasteiger partial charge in [-0.3, -0.25) is 9.71 Å². The minimum absolute atomic E-state index is 0.316. The summed E-state index contributed by atoms with van der Waals surface area (Å²) in [7, 11) is -0.676. The number of ether oxygens (including phenoxy) is 2. The van der Waals surface area contributed by atoms with Crippen LogP contribution in [-0.4, -0.2) is 49.5 Å². The quantitative estimate of drug-likeness (QED) is 0.215. The van der Waals surface area contributed by atoms with E-state index in [9.17, 15) is 13.2 Å². The number of anilines is 2. The van der Waals surface area contributed by atoms with Crippen molar-refractivity contribution in [3.63, 3.8) is 0 Å². The van der Waals surface area contributed by atoms with Gasteiger partial charge in [0.15, 0.2) is 5.11 Å². The smallest absolute Gasteiger partial charge is 0.339 e. The Balaban J connectivity index is 1.69. The van der Waals surface area contributed by atoms with Crippen LogP contribution in [0.5, 0.6) is 5.75 Å². The number of rotatable bonds is 8. The van der Waals surface area contributed by atoms with Gasteiger partial charge in [-0.15, -0.1) is 0 Å². The first-order chi connectivity index (χ1) is 20.0. The fourth-order valence-electron chi connectivity index (χ4n) is 5.47. The Bertz CT molecular complexity index is 1770. The standard InChI is InChI=1S/C30H31N5O5S2/c1-18-16-22(19(2)34(18)25-12-7-6-10-21(25)29(36)40-4)28-27(24-11-8-9-15-31-24)32-30(41)35(28)20-13-14-23(26(17-20)39-3)33-42(5,37)38/h6-17,27-28,33H,1-5H3,(H,32,41). The third-order valence-electron chi connectivity index (χ3n) is 7.20. The van der Waals surface area contributed by atoms with Crippen molar-refractivity contribution in [1.29, 1.82) is 0 Å². The number of hydrogen-bond donors (Lipinski definition) is 2. The van der Waals surface area contributed by atoms with Crippen molar-refractivity contribution in [2.75, 3.05) is 30.1 Å². The Kier molecular flexibility index (Phi) is 7.93. The molecule has 2 unspecified atom stereocenters. The number of benzene rings is 2. The number of pyridine rings is 1. The molecule has 3 heterocycles. The van der Waals surface area contributed by atoms with Crippen LogP contribution in [0, 0.1) is 13.8 Å². The van der Waals surface area contributed by atoms with Crippen LogP contribution < -0.4 is 19.7 Å². The largest absolute Gasteiger partial charge is 0.494 e. The maximum atomic E-state index is 12.7. The monoisotopic (exact) mass is 605 g/mol. The lowest BCUT2D eigenvalue weighted by molar-refractivity contribution is 0.0600. The number of aryl methyl sites for hydroxylation is 1. The zero-order chi connectivity index (χ0) is 30.2. The van der Waals surface area contributed by atoms with E-state index in [2.05, 4.69) is 21.1 Å². The zero-order valence-electron chi connectivity index (χ0n) is 23.8. The van der Waals surface area contributed by atoms with E-state index in [-0.39, 0.29) is 12.1 Å². The summed E-state index contributed by atoms with van der Waals surface area (Å²) < 4.78 is 39.0. The molecule has 10 nitrogen and oxygen atoms in total. The maximum Gasteiger partial charge on any atom is 0.339 e. The molecule has 0 bridgehead atoms. The number of esters is 1. The average Bonchev–Trinajstić information content (AvgIpc) is 3.47. The molecule has 1 aliphatic heterocycles. The third-order valence-corrected chi connectivity index (χ3v) is 8.10. The highest BCUT2D eigenvalue weighted by Gasteiger charge is 2.42. The van der Waals surface area contributed by atoms with E-state index in [4.69, 9.17) is 21.7 Å². The van der Waals surface area contributed by atoms with Crippen molar-refractivity contribution in [3.05, 3.63) is 101 Å². The van der Waals surface area contributed by atoms with E-state index in [0.717, 1.165) is 28.9 Å². The Morgan fingerprint density at radius 2 is 1.79 bits per heavy atom. The number of aromatic nitrogens is 2. The fraction of sp³-hybridized carbons (Fsp3) is 0.233. The lowest BCUT2D eigenvalue weighted by Gasteiger charge is -2.29. The van der Waals surface area contributed by atoms with Crippen molar-refractivity contribution < 1.29 is 22.7 Å². The molecule has 0 saturated carbocycles. The maximum absolute atomic E-state index is 12.7. The highest BCUT2D eigenvalue weighted by molar-refractivity contribution is 7.92.